The molecule has 0 heterocycles. The summed E-state index contributed by atoms with van der Waals surface area (Å²) in [6, 6.07) is 5.47. The Labute approximate surface area is 208 Å². The summed E-state index contributed by atoms with van der Waals surface area (Å²) < 4.78 is 5.35. The van der Waals surface area contributed by atoms with Crippen molar-refractivity contribution in [1.29, 1.82) is 0 Å². The molecule has 2 unspecified atom stereocenters. The number of aliphatic hydroxyl groups excluding tert-OH is 1. The molecule has 34 heavy (non-hydrogen) atoms. The van der Waals surface area contributed by atoms with E-state index < -0.39 is 35.2 Å². The Balaban J connectivity index is 3.40. The Morgan fingerprint density at radius 2 is 1.68 bits per heavy atom. The number of nitrogens with zero attached hydrogens (tertiary/aromatic N) is 1. The van der Waals surface area contributed by atoms with Crippen LogP contribution >= 0.6 is 11.8 Å². The number of nitrogens with one attached hydrogen (secondary N) is 2. The molecule has 0 aliphatic carbocycles. The van der Waals surface area contributed by atoms with Crippen molar-refractivity contribution in [3.63, 3.8) is 0 Å². The van der Waals surface area contributed by atoms with E-state index in [0.29, 0.717) is 17.7 Å². The molecule has 1 aromatic carbocycles. The van der Waals surface area contributed by atoms with Crippen molar-refractivity contribution in [1.82, 2.24) is 15.5 Å². The van der Waals surface area contributed by atoms with Gasteiger partial charge in [0.1, 0.15) is 17.7 Å². The molecule has 3 N–H and O–H groups in total. The number of ether oxygens (including phenoxy) is 1. The number of aliphatic hydroxyl groups is 1. The number of alkyl carbamates (subject to hydrolysis) is 1. The molecule has 2 atom stereocenters. The number of hydrogen-bond acceptors (Lipinski definition) is 6. The highest BCUT2D eigenvalue weighted by molar-refractivity contribution is 7.98. The van der Waals surface area contributed by atoms with Crippen LogP contribution in [0.3, 0.4) is 0 Å². The van der Waals surface area contributed by atoms with Crippen LogP contribution in [0.4, 0.5) is 4.79 Å². The van der Waals surface area contributed by atoms with Gasteiger partial charge in [0.05, 0.1) is 6.61 Å². The average molecular weight is 496 g/mol. The molecule has 8 nitrogen and oxygen atoms in total. The van der Waals surface area contributed by atoms with Crippen molar-refractivity contribution < 1.29 is 24.2 Å². The number of amides is 3. The molecule has 0 spiro atoms. The van der Waals surface area contributed by atoms with Gasteiger partial charge in [0.25, 0.3) is 0 Å². The van der Waals surface area contributed by atoms with Gasteiger partial charge in [-0.15, -0.1) is 0 Å². The van der Waals surface area contributed by atoms with Gasteiger partial charge in [-0.2, -0.15) is 11.8 Å². The van der Waals surface area contributed by atoms with Crippen LogP contribution in [0.5, 0.6) is 0 Å². The van der Waals surface area contributed by atoms with E-state index >= 15 is 0 Å². The third kappa shape index (κ3) is 10.3. The summed E-state index contributed by atoms with van der Waals surface area (Å²) in [6.07, 6.45) is 1.55. The average Bonchev–Trinajstić information content (AvgIpc) is 2.69. The first kappa shape index (κ1) is 29.8. The number of hydrogen-bond donors (Lipinski definition) is 3. The Morgan fingerprint density at radius 3 is 2.15 bits per heavy atom. The molecular formula is C25H41N3O5S. The topological polar surface area (TPSA) is 108 Å². The Hall–Kier alpha value is -2.26. The summed E-state index contributed by atoms with van der Waals surface area (Å²) in [7, 11) is 0. The number of aryl methyl sites for hydroxylation is 1. The fourth-order valence-corrected chi connectivity index (χ4v) is 3.75. The second kappa shape index (κ2) is 13.0. The summed E-state index contributed by atoms with van der Waals surface area (Å²) in [4.78, 5) is 41.0. The van der Waals surface area contributed by atoms with E-state index in [2.05, 4.69) is 10.6 Å². The van der Waals surface area contributed by atoms with Crippen LogP contribution < -0.4 is 10.6 Å². The molecular weight excluding hydrogens is 454 g/mol. The first-order valence-corrected chi connectivity index (χ1v) is 12.9. The standard InChI is InChI=1S/C25H41N3O5S/c1-17-9-11-18(12-10-17)20(21(30)27-24(2,3)4)28(14-15-29)22(31)19(13-16-34-8)26-23(32)33-25(5,6)7/h9-12,19-20,29H,13-16H2,1-8H3,(H,26,32)(H,27,30). The van der Waals surface area contributed by atoms with Crippen LogP contribution in [0.1, 0.15) is 65.1 Å². The minimum atomic E-state index is -0.975. The summed E-state index contributed by atoms with van der Waals surface area (Å²) in [5, 5.41) is 15.4. The quantitative estimate of drug-likeness (QED) is 0.459. The van der Waals surface area contributed by atoms with E-state index in [4.69, 9.17) is 4.74 Å². The summed E-state index contributed by atoms with van der Waals surface area (Å²) >= 11 is 1.54. The fraction of sp³-hybridized carbons (Fsp3) is 0.640. The number of thioether (sulfide) groups is 1. The fourth-order valence-electron chi connectivity index (χ4n) is 3.28. The minimum Gasteiger partial charge on any atom is -0.444 e. The molecule has 9 heteroatoms. The van der Waals surface area contributed by atoms with Gasteiger partial charge in [-0.25, -0.2) is 4.79 Å². The molecule has 0 radical (unpaired) electrons. The van der Waals surface area contributed by atoms with E-state index in [1.807, 2.05) is 46.1 Å². The van der Waals surface area contributed by atoms with Gasteiger partial charge >= 0.3 is 6.09 Å². The zero-order valence-electron chi connectivity index (χ0n) is 21.7. The van der Waals surface area contributed by atoms with Crippen molar-refractivity contribution in [3.8, 4) is 0 Å². The van der Waals surface area contributed by atoms with Crippen LogP contribution in [-0.2, 0) is 14.3 Å². The molecule has 0 fully saturated rings. The maximum atomic E-state index is 13.7. The molecule has 0 aromatic heterocycles. The molecule has 0 bridgehead atoms. The van der Waals surface area contributed by atoms with E-state index in [0.717, 1.165) is 5.56 Å². The first-order valence-electron chi connectivity index (χ1n) is 11.5. The molecule has 1 rings (SSSR count). The van der Waals surface area contributed by atoms with Crippen LogP contribution in [0.2, 0.25) is 0 Å². The Morgan fingerprint density at radius 1 is 1.09 bits per heavy atom. The largest absolute Gasteiger partial charge is 0.444 e. The highest BCUT2D eigenvalue weighted by Crippen LogP contribution is 2.24. The molecule has 1 aromatic rings. The highest BCUT2D eigenvalue weighted by atomic mass is 32.2. The third-order valence-corrected chi connectivity index (χ3v) is 5.32. The van der Waals surface area contributed by atoms with E-state index in [-0.39, 0.29) is 19.1 Å². The monoisotopic (exact) mass is 495 g/mol. The van der Waals surface area contributed by atoms with E-state index in [9.17, 15) is 19.5 Å². The van der Waals surface area contributed by atoms with Gasteiger partial charge in [0.2, 0.25) is 11.8 Å². The van der Waals surface area contributed by atoms with Crippen molar-refractivity contribution in [3.05, 3.63) is 35.4 Å². The van der Waals surface area contributed by atoms with Crippen LogP contribution in [0.25, 0.3) is 0 Å². The van der Waals surface area contributed by atoms with Gasteiger partial charge in [0, 0.05) is 12.1 Å². The number of benzene rings is 1. The lowest BCUT2D eigenvalue weighted by molar-refractivity contribution is -0.143. The smallest absolute Gasteiger partial charge is 0.408 e. The number of rotatable bonds is 10. The lowest BCUT2D eigenvalue weighted by Gasteiger charge is -2.35. The summed E-state index contributed by atoms with van der Waals surface area (Å²) in [5.41, 5.74) is 0.387. The van der Waals surface area contributed by atoms with Crippen LogP contribution in [-0.4, -0.2) is 70.3 Å². The van der Waals surface area contributed by atoms with Crippen molar-refractivity contribution in [2.45, 2.75) is 78.1 Å². The van der Waals surface area contributed by atoms with Gasteiger partial charge in [0.15, 0.2) is 0 Å². The number of carbonyl (C=O) groups is 3. The Bertz CT molecular complexity index is 815. The predicted molar refractivity (Wildman–Crippen MR) is 137 cm³/mol. The maximum Gasteiger partial charge on any atom is 0.408 e. The lowest BCUT2D eigenvalue weighted by atomic mass is 9.99. The molecule has 0 aliphatic rings. The van der Waals surface area contributed by atoms with Crippen molar-refractivity contribution in [2.24, 2.45) is 0 Å². The highest BCUT2D eigenvalue weighted by Gasteiger charge is 2.36. The number of carbonyl (C=O) groups excluding carboxylic acids is 3. The van der Waals surface area contributed by atoms with Gasteiger partial charge in [-0.1, -0.05) is 29.8 Å². The van der Waals surface area contributed by atoms with E-state index in [1.165, 1.54) is 4.90 Å². The van der Waals surface area contributed by atoms with Crippen molar-refractivity contribution >= 4 is 29.7 Å². The zero-order chi connectivity index (χ0) is 26.1. The van der Waals surface area contributed by atoms with Crippen molar-refractivity contribution in [2.75, 3.05) is 25.2 Å². The maximum absolute atomic E-state index is 13.7. The lowest BCUT2D eigenvalue weighted by Crippen LogP contribution is -2.55. The van der Waals surface area contributed by atoms with Gasteiger partial charge in [-0.3, -0.25) is 9.59 Å². The third-order valence-electron chi connectivity index (χ3n) is 4.68. The molecule has 0 saturated carbocycles. The molecule has 0 aliphatic heterocycles. The summed E-state index contributed by atoms with van der Waals surface area (Å²) in [5.74, 6) is -0.203. The SMILES string of the molecule is CSCCC(NC(=O)OC(C)(C)C)C(=O)N(CCO)C(C(=O)NC(C)(C)C)c1ccc(C)cc1. The Kier molecular flexibility index (Phi) is 11.4. The van der Waals surface area contributed by atoms with Gasteiger partial charge in [-0.05, 0) is 72.5 Å². The minimum absolute atomic E-state index is 0.0687. The first-order chi connectivity index (χ1) is 15.7. The molecule has 0 saturated heterocycles. The van der Waals surface area contributed by atoms with Gasteiger partial charge < -0.3 is 25.4 Å². The van der Waals surface area contributed by atoms with E-state index in [1.54, 1.807) is 44.7 Å². The van der Waals surface area contributed by atoms with Crippen LogP contribution in [0, 0.1) is 6.92 Å². The van der Waals surface area contributed by atoms with Crippen LogP contribution in [0.15, 0.2) is 24.3 Å². The summed E-state index contributed by atoms with van der Waals surface area (Å²) in [6.45, 7) is 12.4. The predicted octanol–water partition coefficient (Wildman–Crippen LogP) is 3.42. The normalized spacial score (nSPS) is 13.6. The second-order valence-electron chi connectivity index (χ2n) is 10.3. The molecule has 192 valence electrons. The second-order valence-corrected chi connectivity index (χ2v) is 11.3. The molecule has 3 amide bonds. The zero-order valence-corrected chi connectivity index (χ0v) is 22.5.